The van der Waals surface area contributed by atoms with Crippen LogP contribution in [0.4, 0.5) is 5.69 Å². The largest absolute Gasteiger partial charge is 0.463 e. The quantitative estimate of drug-likeness (QED) is 0.207. The Kier molecular flexibility index (Phi) is 10.3. The smallest absolute Gasteiger partial charge is 0.336 e. The predicted molar refractivity (Wildman–Crippen MR) is 121 cm³/mol. The molecule has 0 fully saturated rings. The van der Waals surface area contributed by atoms with Gasteiger partial charge in [-0.3, -0.25) is 19.9 Å². The highest BCUT2D eigenvalue weighted by Crippen LogP contribution is 2.42. The summed E-state index contributed by atoms with van der Waals surface area (Å²) >= 11 is 0. The van der Waals surface area contributed by atoms with Gasteiger partial charge in [-0.05, 0) is 33.3 Å². The molecule has 11 nitrogen and oxygen atoms in total. The SMILES string of the molecule is CCOC(=O)C1=C(C(OCC)OCC)N=C(C)C(C(=O)OCCO)C1c1cccc([N+](=O)[O-])c1. The van der Waals surface area contributed by atoms with Crippen molar-refractivity contribution in [1.29, 1.82) is 0 Å². The third-order valence-electron chi connectivity index (χ3n) is 5.05. The number of esters is 2. The van der Waals surface area contributed by atoms with Crippen LogP contribution in [-0.4, -0.2) is 67.0 Å². The van der Waals surface area contributed by atoms with Crippen LogP contribution in [0.5, 0.6) is 0 Å². The molecule has 186 valence electrons. The lowest BCUT2D eigenvalue weighted by atomic mass is 9.75. The summed E-state index contributed by atoms with van der Waals surface area (Å²) in [5.74, 6) is -3.62. The van der Waals surface area contributed by atoms with E-state index >= 15 is 0 Å². The van der Waals surface area contributed by atoms with Crippen molar-refractivity contribution in [2.75, 3.05) is 33.0 Å². The van der Waals surface area contributed by atoms with E-state index in [1.807, 2.05) is 0 Å². The molecular formula is C23H30N2O9. The Balaban J connectivity index is 2.82. The number of ether oxygens (including phenoxy) is 4. The lowest BCUT2D eigenvalue weighted by Crippen LogP contribution is -2.39. The molecule has 0 saturated heterocycles. The van der Waals surface area contributed by atoms with Gasteiger partial charge in [-0.1, -0.05) is 12.1 Å². The van der Waals surface area contributed by atoms with E-state index < -0.39 is 41.6 Å². The van der Waals surface area contributed by atoms with Crippen LogP contribution in [0.2, 0.25) is 0 Å². The van der Waals surface area contributed by atoms with E-state index in [4.69, 9.17) is 24.1 Å². The molecule has 0 aromatic heterocycles. The van der Waals surface area contributed by atoms with E-state index in [-0.39, 0.29) is 43.4 Å². The third kappa shape index (κ3) is 6.25. The molecule has 0 amide bonds. The van der Waals surface area contributed by atoms with Gasteiger partial charge < -0.3 is 24.1 Å². The summed E-state index contributed by atoms with van der Waals surface area (Å²) in [6.45, 7) is 6.64. The molecule has 2 rings (SSSR count). The number of nitro benzene ring substituents is 1. The summed E-state index contributed by atoms with van der Waals surface area (Å²) < 4.78 is 21.8. The number of hydrogen-bond acceptors (Lipinski definition) is 10. The number of aliphatic imine (C=N–C) groups is 1. The highest BCUT2D eigenvalue weighted by Gasteiger charge is 2.45. The molecular weight excluding hydrogens is 448 g/mol. The molecule has 0 saturated carbocycles. The summed E-state index contributed by atoms with van der Waals surface area (Å²) in [6, 6.07) is 5.65. The average molecular weight is 478 g/mol. The molecule has 0 bridgehead atoms. The molecule has 1 aliphatic heterocycles. The van der Waals surface area contributed by atoms with E-state index in [0.717, 1.165) is 0 Å². The topological polar surface area (TPSA) is 147 Å². The number of aliphatic hydroxyl groups excluding tert-OH is 1. The lowest BCUT2D eigenvalue weighted by molar-refractivity contribution is -0.384. The number of nitro groups is 1. The van der Waals surface area contributed by atoms with Gasteiger partial charge >= 0.3 is 11.9 Å². The molecule has 1 N–H and O–H groups in total. The lowest BCUT2D eigenvalue weighted by Gasteiger charge is -2.34. The van der Waals surface area contributed by atoms with E-state index in [0.29, 0.717) is 11.3 Å². The summed E-state index contributed by atoms with van der Waals surface area (Å²) in [4.78, 5) is 41.6. The second-order valence-corrected chi connectivity index (χ2v) is 7.21. The molecule has 0 spiro atoms. The van der Waals surface area contributed by atoms with Crippen LogP contribution < -0.4 is 0 Å². The van der Waals surface area contributed by atoms with Gasteiger partial charge in [0.2, 0.25) is 6.29 Å². The molecule has 34 heavy (non-hydrogen) atoms. The summed E-state index contributed by atoms with van der Waals surface area (Å²) in [5.41, 5.74) is 0.526. The van der Waals surface area contributed by atoms with Gasteiger partial charge in [-0.25, -0.2) is 4.79 Å². The zero-order chi connectivity index (χ0) is 25.3. The monoisotopic (exact) mass is 478 g/mol. The van der Waals surface area contributed by atoms with Crippen molar-refractivity contribution >= 4 is 23.3 Å². The van der Waals surface area contributed by atoms with E-state index in [2.05, 4.69) is 4.99 Å². The Morgan fingerprint density at radius 1 is 1.15 bits per heavy atom. The van der Waals surface area contributed by atoms with Gasteiger partial charge in [0.15, 0.2) is 0 Å². The zero-order valence-corrected chi connectivity index (χ0v) is 19.7. The van der Waals surface area contributed by atoms with Gasteiger partial charge in [-0.2, -0.15) is 0 Å². The Morgan fingerprint density at radius 3 is 2.38 bits per heavy atom. The first kappa shape index (κ1) is 27.1. The molecule has 0 aliphatic carbocycles. The minimum atomic E-state index is -1.10. The number of carbonyl (C=O) groups excluding carboxylic acids is 2. The predicted octanol–water partition coefficient (Wildman–Crippen LogP) is 2.52. The maximum atomic E-state index is 13.2. The first-order valence-electron chi connectivity index (χ1n) is 11.0. The van der Waals surface area contributed by atoms with Crippen molar-refractivity contribution in [1.82, 2.24) is 0 Å². The van der Waals surface area contributed by atoms with Crippen LogP contribution in [0.3, 0.4) is 0 Å². The Morgan fingerprint density at radius 2 is 1.82 bits per heavy atom. The van der Waals surface area contributed by atoms with Crippen LogP contribution in [0.25, 0.3) is 0 Å². The van der Waals surface area contributed by atoms with Crippen molar-refractivity contribution in [3.8, 4) is 0 Å². The minimum absolute atomic E-state index is 0.00852. The normalized spacial score (nSPS) is 18.0. The van der Waals surface area contributed by atoms with E-state index in [9.17, 15) is 19.7 Å². The van der Waals surface area contributed by atoms with Crippen LogP contribution in [0.15, 0.2) is 40.5 Å². The second kappa shape index (κ2) is 12.9. The maximum absolute atomic E-state index is 13.2. The summed E-state index contributed by atoms with van der Waals surface area (Å²) in [7, 11) is 0. The number of carbonyl (C=O) groups is 2. The molecule has 0 radical (unpaired) electrons. The third-order valence-corrected chi connectivity index (χ3v) is 5.05. The fraction of sp³-hybridized carbons (Fsp3) is 0.522. The van der Waals surface area contributed by atoms with Gasteiger partial charge in [0.25, 0.3) is 5.69 Å². The summed E-state index contributed by atoms with van der Waals surface area (Å²) in [6.07, 6.45) is -1.03. The maximum Gasteiger partial charge on any atom is 0.336 e. The average Bonchev–Trinajstić information content (AvgIpc) is 2.81. The molecule has 11 heteroatoms. The van der Waals surface area contributed by atoms with Crippen LogP contribution in [0, 0.1) is 16.0 Å². The number of aliphatic hydroxyl groups is 1. The second-order valence-electron chi connectivity index (χ2n) is 7.21. The Bertz CT molecular complexity index is 952. The highest BCUT2D eigenvalue weighted by atomic mass is 16.7. The first-order chi connectivity index (χ1) is 16.3. The van der Waals surface area contributed by atoms with E-state index in [1.54, 1.807) is 33.8 Å². The number of nitrogens with zero attached hydrogens (tertiary/aromatic N) is 2. The zero-order valence-electron chi connectivity index (χ0n) is 19.7. The van der Waals surface area contributed by atoms with Gasteiger partial charge in [-0.15, -0.1) is 0 Å². The van der Waals surface area contributed by atoms with Crippen LogP contribution in [-0.2, 0) is 28.5 Å². The fourth-order valence-electron chi connectivity index (χ4n) is 3.75. The molecule has 2 unspecified atom stereocenters. The summed E-state index contributed by atoms with van der Waals surface area (Å²) in [5, 5.41) is 20.5. The van der Waals surface area contributed by atoms with Crippen molar-refractivity contribution in [2.24, 2.45) is 10.9 Å². The van der Waals surface area contributed by atoms with Crippen molar-refractivity contribution < 1.29 is 38.6 Å². The van der Waals surface area contributed by atoms with E-state index in [1.165, 1.54) is 18.2 Å². The number of rotatable bonds is 12. The standard InChI is InChI=1S/C23H30N2O9/c1-5-31-22(28)19-18(15-9-8-10-16(13-15)25(29)30)17(21(27)34-12-11-26)14(4)24-20(19)23(32-6-2)33-7-3/h8-10,13,17-18,23,26H,5-7,11-12H2,1-4H3. The first-order valence-corrected chi connectivity index (χ1v) is 11.0. The number of hydrogen-bond donors (Lipinski definition) is 1. The Hall–Kier alpha value is -3.15. The van der Waals surface area contributed by atoms with Crippen molar-refractivity contribution in [2.45, 2.75) is 39.9 Å². The molecule has 2 atom stereocenters. The van der Waals surface area contributed by atoms with Gasteiger partial charge in [0.1, 0.15) is 18.2 Å². The van der Waals surface area contributed by atoms with Crippen LogP contribution >= 0.6 is 0 Å². The number of non-ortho nitro benzene ring substituents is 1. The van der Waals surface area contributed by atoms with Crippen molar-refractivity contribution in [3.05, 3.63) is 51.2 Å². The molecule has 1 heterocycles. The fourth-order valence-corrected chi connectivity index (χ4v) is 3.75. The molecule has 1 aromatic rings. The molecule has 1 aromatic carbocycles. The molecule has 1 aliphatic rings. The highest BCUT2D eigenvalue weighted by molar-refractivity contribution is 6.07. The van der Waals surface area contributed by atoms with Crippen LogP contribution in [0.1, 0.15) is 39.2 Å². The van der Waals surface area contributed by atoms with Gasteiger partial charge in [0.05, 0.1) is 23.7 Å². The minimum Gasteiger partial charge on any atom is -0.463 e. The van der Waals surface area contributed by atoms with Crippen molar-refractivity contribution in [3.63, 3.8) is 0 Å². The Labute approximate surface area is 197 Å². The van der Waals surface area contributed by atoms with Gasteiger partial charge in [0, 0.05) is 37.0 Å². The number of benzene rings is 1.